The first-order valence-corrected chi connectivity index (χ1v) is 8.67. The van der Waals surface area contributed by atoms with Gasteiger partial charge in [0.05, 0.1) is 6.04 Å². The van der Waals surface area contributed by atoms with E-state index >= 15 is 0 Å². The number of carbonyl (C=O) groups is 1. The Bertz CT molecular complexity index is 695. The van der Waals surface area contributed by atoms with E-state index in [0.29, 0.717) is 31.2 Å². The predicted octanol–water partition coefficient (Wildman–Crippen LogP) is 1.67. The SMILES string of the molecule is Cc1noc(C(C)N2CCN(C(=O)CC(N)c3ccccc3)CC2)n1. The number of aryl methyl sites for hydroxylation is 1. The summed E-state index contributed by atoms with van der Waals surface area (Å²) in [6, 6.07) is 9.56. The Kier molecular flexibility index (Phi) is 5.45. The van der Waals surface area contributed by atoms with Gasteiger partial charge >= 0.3 is 0 Å². The van der Waals surface area contributed by atoms with Crippen molar-refractivity contribution >= 4 is 5.91 Å². The van der Waals surface area contributed by atoms with Gasteiger partial charge in [-0.05, 0) is 19.4 Å². The van der Waals surface area contributed by atoms with Gasteiger partial charge in [-0.1, -0.05) is 35.5 Å². The van der Waals surface area contributed by atoms with Crippen LogP contribution < -0.4 is 5.73 Å². The Hall–Kier alpha value is -2.25. The van der Waals surface area contributed by atoms with Gasteiger partial charge in [0.15, 0.2) is 5.82 Å². The van der Waals surface area contributed by atoms with Crippen LogP contribution in [0.2, 0.25) is 0 Å². The fraction of sp³-hybridized carbons (Fsp3) is 0.500. The van der Waals surface area contributed by atoms with E-state index in [1.54, 1.807) is 0 Å². The summed E-state index contributed by atoms with van der Waals surface area (Å²) < 4.78 is 5.26. The number of aromatic nitrogens is 2. The molecule has 1 aromatic heterocycles. The van der Waals surface area contributed by atoms with E-state index in [0.717, 1.165) is 18.7 Å². The predicted molar refractivity (Wildman–Crippen MR) is 93.6 cm³/mol. The highest BCUT2D eigenvalue weighted by atomic mass is 16.5. The molecule has 2 N–H and O–H groups in total. The lowest BCUT2D eigenvalue weighted by molar-refractivity contribution is -0.133. The van der Waals surface area contributed by atoms with Crippen molar-refractivity contribution in [3.63, 3.8) is 0 Å². The minimum Gasteiger partial charge on any atom is -0.340 e. The molecular weight excluding hydrogens is 318 g/mol. The van der Waals surface area contributed by atoms with Crippen molar-refractivity contribution < 1.29 is 9.32 Å². The number of nitrogens with two attached hydrogens (primary N) is 1. The molecule has 2 heterocycles. The molecular formula is C18H25N5O2. The van der Waals surface area contributed by atoms with Crippen molar-refractivity contribution in [2.24, 2.45) is 5.73 Å². The highest BCUT2D eigenvalue weighted by Crippen LogP contribution is 2.21. The van der Waals surface area contributed by atoms with Crippen LogP contribution in [0.3, 0.4) is 0 Å². The largest absolute Gasteiger partial charge is 0.340 e. The lowest BCUT2D eigenvalue weighted by Crippen LogP contribution is -2.49. The quantitative estimate of drug-likeness (QED) is 0.888. The molecule has 2 atom stereocenters. The van der Waals surface area contributed by atoms with Crippen LogP contribution in [0.1, 0.15) is 42.7 Å². The molecule has 25 heavy (non-hydrogen) atoms. The fourth-order valence-corrected chi connectivity index (χ4v) is 3.13. The smallest absolute Gasteiger partial charge is 0.243 e. The van der Waals surface area contributed by atoms with Gasteiger partial charge in [0.1, 0.15) is 0 Å². The van der Waals surface area contributed by atoms with Crippen LogP contribution in [0, 0.1) is 6.92 Å². The van der Waals surface area contributed by atoms with Gasteiger partial charge in [0.2, 0.25) is 11.8 Å². The highest BCUT2D eigenvalue weighted by Gasteiger charge is 2.28. The summed E-state index contributed by atoms with van der Waals surface area (Å²) in [6.45, 7) is 6.82. The fourth-order valence-electron chi connectivity index (χ4n) is 3.13. The third-order valence-electron chi connectivity index (χ3n) is 4.74. The molecule has 0 bridgehead atoms. The zero-order valence-corrected chi connectivity index (χ0v) is 14.8. The molecule has 1 aromatic carbocycles. The number of nitrogens with zero attached hydrogens (tertiary/aromatic N) is 4. The maximum absolute atomic E-state index is 12.5. The minimum absolute atomic E-state index is 0.0602. The van der Waals surface area contributed by atoms with Gasteiger partial charge in [0, 0.05) is 38.6 Å². The van der Waals surface area contributed by atoms with E-state index in [-0.39, 0.29) is 18.0 Å². The lowest BCUT2D eigenvalue weighted by Gasteiger charge is -2.37. The van der Waals surface area contributed by atoms with Crippen molar-refractivity contribution in [2.75, 3.05) is 26.2 Å². The first kappa shape index (κ1) is 17.6. The Balaban J connectivity index is 1.51. The second kappa shape index (κ2) is 7.76. The Morgan fingerprint density at radius 3 is 2.52 bits per heavy atom. The van der Waals surface area contributed by atoms with Gasteiger partial charge in [-0.3, -0.25) is 9.69 Å². The first-order chi connectivity index (χ1) is 12.0. The first-order valence-electron chi connectivity index (χ1n) is 8.67. The monoisotopic (exact) mass is 343 g/mol. The van der Waals surface area contributed by atoms with Crippen LogP contribution in [-0.2, 0) is 4.79 Å². The molecule has 2 unspecified atom stereocenters. The Morgan fingerprint density at radius 2 is 1.92 bits per heavy atom. The van der Waals surface area contributed by atoms with Crippen LogP contribution in [0.4, 0.5) is 0 Å². The minimum atomic E-state index is -0.257. The van der Waals surface area contributed by atoms with E-state index in [1.807, 2.05) is 42.2 Å². The summed E-state index contributed by atoms with van der Waals surface area (Å²) in [7, 11) is 0. The van der Waals surface area contributed by atoms with Crippen molar-refractivity contribution in [1.82, 2.24) is 19.9 Å². The second-order valence-corrected chi connectivity index (χ2v) is 6.49. The number of rotatable bonds is 5. The third kappa shape index (κ3) is 4.24. The molecule has 0 saturated carbocycles. The molecule has 0 radical (unpaired) electrons. The highest BCUT2D eigenvalue weighted by molar-refractivity contribution is 5.77. The van der Waals surface area contributed by atoms with Crippen LogP contribution in [-0.4, -0.2) is 52.0 Å². The molecule has 134 valence electrons. The van der Waals surface area contributed by atoms with Crippen molar-refractivity contribution in [1.29, 1.82) is 0 Å². The molecule has 0 spiro atoms. The number of piperazine rings is 1. The molecule has 1 saturated heterocycles. The summed E-state index contributed by atoms with van der Waals surface area (Å²) in [5, 5.41) is 3.85. The third-order valence-corrected chi connectivity index (χ3v) is 4.74. The Morgan fingerprint density at radius 1 is 1.24 bits per heavy atom. The molecule has 1 aliphatic heterocycles. The van der Waals surface area contributed by atoms with E-state index in [2.05, 4.69) is 22.0 Å². The molecule has 1 aliphatic rings. The van der Waals surface area contributed by atoms with Gasteiger partial charge in [0.25, 0.3) is 0 Å². The van der Waals surface area contributed by atoms with Crippen molar-refractivity contribution in [2.45, 2.75) is 32.4 Å². The lowest BCUT2D eigenvalue weighted by atomic mass is 10.0. The second-order valence-electron chi connectivity index (χ2n) is 6.49. The average molecular weight is 343 g/mol. The van der Waals surface area contributed by atoms with Crippen LogP contribution in [0.5, 0.6) is 0 Å². The normalized spacial score (nSPS) is 18.1. The van der Waals surface area contributed by atoms with Crippen LogP contribution >= 0.6 is 0 Å². The zero-order valence-electron chi connectivity index (χ0n) is 14.8. The van der Waals surface area contributed by atoms with E-state index in [9.17, 15) is 4.79 Å². The number of amides is 1. The van der Waals surface area contributed by atoms with E-state index in [1.165, 1.54) is 0 Å². The summed E-state index contributed by atoms with van der Waals surface area (Å²) in [5.41, 5.74) is 7.17. The zero-order chi connectivity index (χ0) is 17.8. The number of hydrogen-bond acceptors (Lipinski definition) is 6. The van der Waals surface area contributed by atoms with Crippen LogP contribution in [0.15, 0.2) is 34.9 Å². The standard InChI is InChI=1S/C18H25N5O2/c1-13(18-20-14(2)21-25-18)22-8-10-23(11-9-22)17(24)12-16(19)15-6-4-3-5-7-15/h3-7,13,16H,8-12,19H2,1-2H3. The van der Waals surface area contributed by atoms with E-state index < -0.39 is 0 Å². The summed E-state index contributed by atoms with van der Waals surface area (Å²) in [5.74, 6) is 1.38. The van der Waals surface area contributed by atoms with Crippen molar-refractivity contribution in [3.05, 3.63) is 47.6 Å². The van der Waals surface area contributed by atoms with Gasteiger partial charge in [-0.25, -0.2) is 0 Å². The summed E-state index contributed by atoms with van der Waals surface area (Å²) in [4.78, 5) is 21.0. The summed E-state index contributed by atoms with van der Waals surface area (Å²) >= 11 is 0. The maximum Gasteiger partial charge on any atom is 0.243 e. The average Bonchev–Trinajstić information content (AvgIpc) is 3.08. The topological polar surface area (TPSA) is 88.5 Å². The van der Waals surface area contributed by atoms with Gasteiger partial charge < -0.3 is 15.2 Å². The molecule has 1 amide bonds. The van der Waals surface area contributed by atoms with Gasteiger partial charge in [-0.2, -0.15) is 4.98 Å². The van der Waals surface area contributed by atoms with Gasteiger partial charge in [-0.15, -0.1) is 0 Å². The maximum atomic E-state index is 12.5. The molecule has 1 fully saturated rings. The Labute approximate surface area is 147 Å². The van der Waals surface area contributed by atoms with Crippen molar-refractivity contribution in [3.8, 4) is 0 Å². The number of carbonyl (C=O) groups excluding carboxylic acids is 1. The number of hydrogen-bond donors (Lipinski definition) is 1. The number of benzene rings is 1. The molecule has 7 heteroatoms. The molecule has 2 aromatic rings. The summed E-state index contributed by atoms with van der Waals surface area (Å²) in [6.07, 6.45) is 0.336. The van der Waals surface area contributed by atoms with Crippen LogP contribution in [0.25, 0.3) is 0 Å². The molecule has 7 nitrogen and oxygen atoms in total. The van der Waals surface area contributed by atoms with E-state index in [4.69, 9.17) is 10.3 Å². The molecule has 0 aliphatic carbocycles. The molecule has 3 rings (SSSR count).